The van der Waals surface area contributed by atoms with Gasteiger partial charge in [0.1, 0.15) is 11.9 Å². The Morgan fingerprint density at radius 1 is 1.08 bits per heavy atom. The fourth-order valence-corrected chi connectivity index (χ4v) is 2.86. The molecule has 2 aromatic heterocycles. The van der Waals surface area contributed by atoms with Gasteiger partial charge in [0.2, 0.25) is 0 Å². The van der Waals surface area contributed by atoms with Crippen LogP contribution in [0.3, 0.4) is 0 Å². The molecule has 0 saturated heterocycles. The molecule has 0 bridgehead atoms. The molecule has 0 spiro atoms. The van der Waals surface area contributed by atoms with Gasteiger partial charge in [-0.3, -0.25) is 0 Å². The number of H-pyrrole nitrogens is 1. The summed E-state index contributed by atoms with van der Waals surface area (Å²) in [6, 6.07) is 17.6. The van der Waals surface area contributed by atoms with Crippen LogP contribution in [0.15, 0.2) is 48.5 Å². The van der Waals surface area contributed by atoms with E-state index in [4.69, 9.17) is 0 Å². The molecule has 7 heteroatoms. The number of aromatic nitrogens is 5. The van der Waals surface area contributed by atoms with Crippen molar-refractivity contribution in [3.8, 4) is 17.5 Å². The lowest BCUT2D eigenvalue weighted by Gasteiger charge is -2.13. The topological polar surface area (TPSA) is 103 Å². The Labute approximate surface area is 143 Å². The summed E-state index contributed by atoms with van der Waals surface area (Å²) in [7, 11) is 0. The highest BCUT2D eigenvalue weighted by Gasteiger charge is 2.17. The molecule has 4 aromatic rings. The van der Waals surface area contributed by atoms with Crippen molar-refractivity contribution in [1.29, 1.82) is 5.26 Å². The van der Waals surface area contributed by atoms with Crippen LogP contribution < -0.4 is 5.32 Å². The third-order valence-corrected chi connectivity index (χ3v) is 4.01. The Kier molecular flexibility index (Phi) is 3.56. The zero-order valence-corrected chi connectivity index (χ0v) is 13.4. The summed E-state index contributed by atoms with van der Waals surface area (Å²) in [6.45, 7) is 1.91. The quantitative estimate of drug-likeness (QED) is 0.598. The number of nitrogens with zero attached hydrogens (tertiary/aromatic N) is 5. The molecule has 120 valence electrons. The summed E-state index contributed by atoms with van der Waals surface area (Å²) in [4.78, 5) is 4.66. The lowest BCUT2D eigenvalue weighted by atomic mass is 9.99. The van der Waals surface area contributed by atoms with Crippen LogP contribution in [0.5, 0.6) is 0 Å². The van der Waals surface area contributed by atoms with Gasteiger partial charge in [-0.1, -0.05) is 30.3 Å². The van der Waals surface area contributed by atoms with Crippen LogP contribution in [0, 0.1) is 18.3 Å². The van der Waals surface area contributed by atoms with Crippen LogP contribution in [0.4, 0.5) is 11.5 Å². The molecule has 0 aliphatic heterocycles. The van der Waals surface area contributed by atoms with Crippen molar-refractivity contribution in [1.82, 2.24) is 25.6 Å². The number of para-hydroxylation sites is 1. The van der Waals surface area contributed by atoms with Gasteiger partial charge in [0.25, 0.3) is 0 Å². The first kappa shape index (κ1) is 14.8. The standard InChI is InChI=1S/C18H13N7/c1-11-14(10-19)17(20-12-6-3-2-4-7-12)21-15-9-5-8-13(16(11)15)18-22-24-25-23-18/h2-9H,1H3,(H,20,21)(H,22,23,24,25). The van der Waals surface area contributed by atoms with Crippen molar-refractivity contribution < 1.29 is 0 Å². The number of hydrogen-bond acceptors (Lipinski definition) is 6. The van der Waals surface area contributed by atoms with Gasteiger partial charge in [0.05, 0.1) is 11.1 Å². The van der Waals surface area contributed by atoms with Gasteiger partial charge >= 0.3 is 0 Å². The van der Waals surface area contributed by atoms with E-state index in [-0.39, 0.29) is 0 Å². The van der Waals surface area contributed by atoms with Gasteiger partial charge in [0.15, 0.2) is 5.82 Å². The first-order valence-corrected chi connectivity index (χ1v) is 7.67. The first-order chi connectivity index (χ1) is 12.3. The number of fused-ring (bicyclic) bond motifs is 1. The van der Waals surface area contributed by atoms with Crippen LogP contribution in [0.1, 0.15) is 11.1 Å². The predicted octanol–water partition coefficient (Wildman–Crippen LogP) is 3.34. The Hall–Kier alpha value is -3.79. The van der Waals surface area contributed by atoms with E-state index in [2.05, 4.69) is 37.0 Å². The molecule has 0 unspecified atom stereocenters. The summed E-state index contributed by atoms with van der Waals surface area (Å²) in [5.41, 5.74) is 3.79. The van der Waals surface area contributed by atoms with Gasteiger partial charge in [-0.2, -0.15) is 5.26 Å². The monoisotopic (exact) mass is 327 g/mol. The van der Waals surface area contributed by atoms with Crippen LogP contribution in [-0.2, 0) is 0 Å². The summed E-state index contributed by atoms with van der Waals surface area (Å²) < 4.78 is 0. The van der Waals surface area contributed by atoms with Crippen molar-refractivity contribution in [2.24, 2.45) is 0 Å². The maximum Gasteiger partial charge on any atom is 0.180 e. The molecule has 4 rings (SSSR count). The minimum absolute atomic E-state index is 0.497. The molecule has 25 heavy (non-hydrogen) atoms. The molecule has 0 radical (unpaired) electrons. The van der Waals surface area contributed by atoms with Gasteiger partial charge < -0.3 is 5.32 Å². The van der Waals surface area contributed by atoms with E-state index in [1.165, 1.54) is 0 Å². The van der Waals surface area contributed by atoms with E-state index in [0.717, 1.165) is 27.7 Å². The van der Waals surface area contributed by atoms with E-state index in [1.807, 2.05) is 55.5 Å². The van der Waals surface area contributed by atoms with E-state index >= 15 is 0 Å². The van der Waals surface area contributed by atoms with Gasteiger partial charge in [-0.25, -0.2) is 10.1 Å². The number of aromatic amines is 1. The number of pyridine rings is 1. The van der Waals surface area contributed by atoms with Gasteiger partial charge in [-0.05, 0) is 41.1 Å². The van der Waals surface area contributed by atoms with Crippen LogP contribution in [-0.4, -0.2) is 25.6 Å². The lowest BCUT2D eigenvalue weighted by molar-refractivity contribution is 0.881. The number of aryl methyl sites for hydroxylation is 1. The third-order valence-electron chi connectivity index (χ3n) is 4.01. The highest BCUT2D eigenvalue weighted by molar-refractivity contribution is 5.98. The Bertz CT molecular complexity index is 1080. The lowest BCUT2D eigenvalue weighted by Crippen LogP contribution is -2.01. The van der Waals surface area contributed by atoms with Crippen LogP contribution >= 0.6 is 0 Å². The van der Waals surface area contributed by atoms with Crippen molar-refractivity contribution >= 4 is 22.4 Å². The molecule has 0 aliphatic rings. The zero-order valence-electron chi connectivity index (χ0n) is 13.4. The molecule has 0 saturated carbocycles. The smallest absolute Gasteiger partial charge is 0.180 e. The number of nitriles is 1. The number of hydrogen-bond donors (Lipinski definition) is 2. The molecule has 0 aliphatic carbocycles. The van der Waals surface area contributed by atoms with Gasteiger partial charge in [-0.15, -0.1) is 5.10 Å². The number of rotatable bonds is 3. The fraction of sp³-hybridized carbons (Fsp3) is 0.0556. The van der Waals surface area contributed by atoms with Crippen molar-refractivity contribution in [3.05, 3.63) is 59.7 Å². The van der Waals surface area contributed by atoms with Crippen LogP contribution in [0.2, 0.25) is 0 Å². The van der Waals surface area contributed by atoms with Gasteiger partial charge in [0, 0.05) is 16.6 Å². The SMILES string of the molecule is Cc1c(C#N)c(Nc2ccccc2)nc2cccc(-c3nnn[nH]3)c12. The molecular weight excluding hydrogens is 314 g/mol. The maximum absolute atomic E-state index is 9.68. The highest BCUT2D eigenvalue weighted by Crippen LogP contribution is 2.33. The number of anilines is 2. The minimum atomic E-state index is 0.497. The number of nitrogens with one attached hydrogen (secondary N) is 2. The molecule has 7 nitrogen and oxygen atoms in total. The second-order valence-electron chi connectivity index (χ2n) is 5.51. The highest BCUT2D eigenvalue weighted by atomic mass is 15.5. The Morgan fingerprint density at radius 3 is 2.64 bits per heavy atom. The van der Waals surface area contributed by atoms with Crippen molar-refractivity contribution in [2.45, 2.75) is 6.92 Å². The first-order valence-electron chi connectivity index (χ1n) is 7.67. The number of benzene rings is 2. The molecular formula is C18H13N7. The average molecular weight is 327 g/mol. The largest absolute Gasteiger partial charge is 0.339 e. The normalized spacial score (nSPS) is 10.6. The van der Waals surface area contributed by atoms with Crippen LogP contribution in [0.25, 0.3) is 22.3 Å². The molecule has 0 amide bonds. The molecule has 2 aromatic carbocycles. The molecule has 0 atom stereocenters. The van der Waals surface area contributed by atoms with E-state index in [0.29, 0.717) is 17.2 Å². The average Bonchev–Trinajstić information content (AvgIpc) is 3.17. The zero-order chi connectivity index (χ0) is 17.2. The maximum atomic E-state index is 9.68. The Balaban J connectivity index is 1.94. The molecule has 2 N–H and O–H groups in total. The minimum Gasteiger partial charge on any atom is -0.339 e. The number of tetrazole rings is 1. The molecule has 0 fully saturated rings. The third kappa shape index (κ3) is 2.56. The summed E-state index contributed by atoms with van der Waals surface area (Å²) in [5.74, 6) is 1.08. The van der Waals surface area contributed by atoms with E-state index in [1.54, 1.807) is 0 Å². The van der Waals surface area contributed by atoms with Crippen molar-refractivity contribution in [2.75, 3.05) is 5.32 Å². The molecule has 2 heterocycles. The summed E-state index contributed by atoms with van der Waals surface area (Å²) in [5, 5.41) is 27.8. The Morgan fingerprint density at radius 2 is 1.92 bits per heavy atom. The predicted molar refractivity (Wildman–Crippen MR) is 94.1 cm³/mol. The summed E-state index contributed by atoms with van der Waals surface area (Å²) in [6.07, 6.45) is 0. The van der Waals surface area contributed by atoms with E-state index in [9.17, 15) is 5.26 Å². The fourth-order valence-electron chi connectivity index (χ4n) is 2.86. The second-order valence-corrected chi connectivity index (χ2v) is 5.51. The van der Waals surface area contributed by atoms with Crippen molar-refractivity contribution in [3.63, 3.8) is 0 Å². The summed E-state index contributed by atoms with van der Waals surface area (Å²) >= 11 is 0. The second kappa shape index (κ2) is 6.02. The van der Waals surface area contributed by atoms with E-state index < -0.39 is 0 Å².